The third kappa shape index (κ3) is 5.42. The van der Waals surface area contributed by atoms with Crippen molar-refractivity contribution < 1.29 is 27.7 Å². The summed E-state index contributed by atoms with van der Waals surface area (Å²) in [7, 11) is -2.98. The number of benzene rings is 2. The molecule has 0 atom stereocenters. The number of methoxy groups -OCH3 is 1. The Morgan fingerprint density at radius 2 is 1.83 bits per heavy atom. The standard InChI is InChI=1S/C17H16ClN3O7S/c1-10-14(18)7-13(8-15(10)21(24)25)29(26,27)20-12-5-3-11(4-6-12)17(23)19-9-16(22)28-2/h3-8,20H,9H2,1-2H3,(H,19,23). The van der Waals surface area contributed by atoms with Gasteiger partial charge in [-0.2, -0.15) is 0 Å². The highest BCUT2D eigenvalue weighted by Crippen LogP contribution is 2.30. The minimum absolute atomic E-state index is 0.0581. The van der Waals surface area contributed by atoms with Crippen LogP contribution in [0.25, 0.3) is 0 Å². The molecule has 2 rings (SSSR count). The summed E-state index contributed by atoms with van der Waals surface area (Å²) in [6.45, 7) is 1.10. The van der Waals surface area contributed by atoms with E-state index in [0.717, 1.165) is 12.1 Å². The lowest BCUT2D eigenvalue weighted by molar-refractivity contribution is -0.385. The topological polar surface area (TPSA) is 145 Å². The average molecular weight is 442 g/mol. The monoisotopic (exact) mass is 441 g/mol. The van der Waals surface area contributed by atoms with Crippen LogP contribution in [-0.4, -0.2) is 38.9 Å². The number of halogens is 1. The predicted molar refractivity (Wildman–Crippen MR) is 104 cm³/mol. The fraction of sp³-hybridized carbons (Fsp3) is 0.176. The lowest BCUT2D eigenvalue weighted by atomic mass is 10.2. The van der Waals surface area contributed by atoms with Gasteiger partial charge in [-0.1, -0.05) is 11.6 Å². The van der Waals surface area contributed by atoms with Gasteiger partial charge in [0.2, 0.25) is 0 Å². The first-order valence-electron chi connectivity index (χ1n) is 7.97. The Labute approximate surface area is 171 Å². The fourth-order valence-electron chi connectivity index (χ4n) is 2.22. The van der Waals surface area contributed by atoms with Crippen molar-refractivity contribution in [1.82, 2.24) is 5.32 Å². The molecule has 0 aliphatic heterocycles. The molecule has 0 saturated carbocycles. The summed E-state index contributed by atoms with van der Waals surface area (Å²) in [5.41, 5.74) is 0.0353. The van der Waals surface area contributed by atoms with Crippen LogP contribution >= 0.6 is 11.6 Å². The van der Waals surface area contributed by atoms with Crippen LogP contribution in [-0.2, 0) is 19.6 Å². The normalized spacial score (nSPS) is 10.9. The van der Waals surface area contributed by atoms with E-state index in [1.54, 1.807) is 0 Å². The molecule has 0 bridgehead atoms. The second-order valence-corrected chi connectivity index (χ2v) is 7.84. The molecule has 154 valence electrons. The highest BCUT2D eigenvalue weighted by atomic mass is 35.5. The Hall–Kier alpha value is -3.18. The summed E-state index contributed by atoms with van der Waals surface area (Å²) >= 11 is 5.92. The van der Waals surface area contributed by atoms with Gasteiger partial charge in [0.15, 0.2) is 0 Å². The zero-order chi connectivity index (χ0) is 21.8. The van der Waals surface area contributed by atoms with E-state index in [1.807, 2.05) is 0 Å². The number of nitrogens with zero attached hydrogens (tertiary/aromatic N) is 1. The molecule has 29 heavy (non-hydrogen) atoms. The molecule has 1 amide bonds. The zero-order valence-electron chi connectivity index (χ0n) is 15.3. The van der Waals surface area contributed by atoms with Crippen molar-refractivity contribution in [3.05, 3.63) is 62.7 Å². The van der Waals surface area contributed by atoms with Gasteiger partial charge in [-0.25, -0.2) is 8.42 Å². The number of carbonyl (C=O) groups excluding carboxylic acids is 2. The average Bonchev–Trinajstić information content (AvgIpc) is 2.67. The van der Waals surface area contributed by atoms with Gasteiger partial charge in [-0.15, -0.1) is 0 Å². The van der Waals surface area contributed by atoms with Crippen LogP contribution in [0, 0.1) is 17.0 Å². The third-order valence-electron chi connectivity index (χ3n) is 3.82. The second kappa shape index (κ2) is 8.88. The van der Waals surface area contributed by atoms with Gasteiger partial charge in [0.25, 0.3) is 21.6 Å². The fourth-order valence-corrected chi connectivity index (χ4v) is 3.60. The molecule has 0 heterocycles. The summed E-state index contributed by atoms with van der Waals surface area (Å²) in [5, 5.41) is 13.4. The Morgan fingerprint density at radius 3 is 2.38 bits per heavy atom. The van der Waals surface area contributed by atoms with E-state index in [9.17, 15) is 28.1 Å². The molecule has 2 aromatic rings. The van der Waals surface area contributed by atoms with Gasteiger partial charge in [0.05, 0.1) is 22.0 Å². The molecule has 2 N–H and O–H groups in total. The van der Waals surface area contributed by atoms with Crippen molar-refractivity contribution in [3.8, 4) is 0 Å². The van der Waals surface area contributed by atoms with Crippen molar-refractivity contribution in [2.45, 2.75) is 11.8 Å². The minimum atomic E-state index is -4.17. The van der Waals surface area contributed by atoms with Crippen molar-refractivity contribution in [2.75, 3.05) is 18.4 Å². The van der Waals surface area contributed by atoms with E-state index in [-0.39, 0.29) is 33.3 Å². The summed E-state index contributed by atoms with van der Waals surface area (Å²) < 4.78 is 31.8. The number of anilines is 1. The number of sulfonamides is 1. The number of rotatable bonds is 7. The van der Waals surface area contributed by atoms with Crippen LogP contribution in [0.1, 0.15) is 15.9 Å². The number of esters is 1. The first-order valence-corrected chi connectivity index (χ1v) is 9.83. The molecule has 0 fully saturated rings. The molecular formula is C17H16ClN3O7S. The Morgan fingerprint density at radius 1 is 1.21 bits per heavy atom. The summed E-state index contributed by atoms with van der Waals surface area (Å²) in [4.78, 5) is 33.0. The molecule has 0 saturated heterocycles. The van der Waals surface area contributed by atoms with E-state index < -0.39 is 32.5 Å². The quantitative estimate of drug-likeness (QED) is 0.380. The van der Waals surface area contributed by atoms with Crippen LogP contribution < -0.4 is 10.0 Å². The van der Waals surface area contributed by atoms with Crippen molar-refractivity contribution >= 4 is 44.9 Å². The molecule has 0 aliphatic rings. The van der Waals surface area contributed by atoms with Gasteiger partial charge in [0.1, 0.15) is 6.54 Å². The molecule has 0 unspecified atom stereocenters. The number of nitrogens with one attached hydrogen (secondary N) is 2. The molecule has 0 aliphatic carbocycles. The summed E-state index contributed by atoms with van der Waals surface area (Å²) in [6.07, 6.45) is 0. The van der Waals surface area contributed by atoms with E-state index in [0.29, 0.717) is 0 Å². The molecule has 10 nitrogen and oxygen atoms in total. The molecule has 0 spiro atoms. The number of hydrogen-bond donors (Lipinski definition) is 2. The highest BCUT2D eigenvalue weighted by molar-refractivity contribution is 7.92. The van der Waals surface area contributed by atoms with E-state index in [1.165, 1.54) is 38.3 Å². The van der Waals surface area contributed by atoms with Crippen molar-refractivity contribution in [1.29, 1.82) is 0 Å². The van der Waals surface area contributed by atoms with Gasteiger partial charge in [-0.05, 0) is 37.3 Å². The number of ether oxygens (including phenoxy) is 1. The van der Waals surface area contributed by atoms with Gasteiger partial charge in [0, 0.05) is 22.9 Å². The predicted octanol–water partition coefficient (Wildman–Crippen LogP) is 2.26. The maximum atomic E-state index is 12.5. The van der Waals surface area contributed by atoms with Gasteiger partial charge >= 0.3 is 5.97 Å². The Kier molecular flexibility index (Phi) is 6.77. The van der Waals surface area contributed by atoms with Crippen molar-refractivity contribution in [2.24, 2.45) is 0 Å². The zero-order valence-corrected chi connectivity index (χ0v) is 16.8. The van der Waals surface area contributed by atoms with Crippen LogP contribution in [0.3, 0.4) is 0 Å². The first-order chi connectivity index (χ1) is 13.5. The summed E-state index contributed by atoms with van der Waals surface area (Å²) in [6, 6.07) is 7.37. The van der Waals surface area contributed by atoms with Gasteiger partial charge < -0.3 is 10.1 Å². The summed E-state index contributed by atoms with van der Waals surface area (Å²) in [5.74, 6) is -1.17. The van der Waals surface area contributed by atoms with E-state index in [2.05, 4.69) is 14.8 Å². The molecule has 0 aromatic heterocycles. The minimum Gasteiger partial charge on any atom is -0.468 e. The number of nitro benzene ring substituents is 1. The largest absolute Gasteiger partial charge is 0.468 e. The third-order valence-corrected chi connectivity index (χ3v) is 5.57. The Bertz CT molecular complexity index is 1070. The highest BCUT2D eigenvalue weighted by Gasteiger charge is 2.22. The van der Waals surface area contributed by atoms with Crippen LogP contribution in [0.15, 0.2) is 41.3 Å². The van der Waals surface area contributed by atoms with Crippen LogP contribution in [0.5, 0.6) is 0 Å². The molecule has 2 aromatic carbocycles. The number of hydrogen-bond acceptors (Lipinski definition) is 7. The first kappa shape index (κ1) is 22.1. The smallest absolute Gasteiger partial charge is 0.325 e. The molecular weight excluding hydrogens is 426 g/mol. The SMILES string of the molecule is COC(=O)CNC(=O)c1ccc(NS(=O)(=O)c2cc(Cl)c(C)c([N+](=O)[O-])c2)cc1. The molecule has 0 radical (unpaired) electrons. The number of carbonyl (C=O) groups is 2. The van der Waals surface area contributed by atoms with E-state index in [4.69, 9.17) is 11.6 Å². The van der Waals surface area contributed by atoms with Crippen LogP contribution in [0.4, 0.5) is 11.4 Å². The van der Waals surface area contributed by atoms with Crippen LogP contribution in [0.2, 0.25) is 5.02 Å². The lowest BCUT2D eigenvalue weighted by Crippen LogP contribution is -2.30. The van der Waals surface area contributed by atoms with E-state index >= 15 is 0 Å². The number of nitro groups is 1. The molecule has 12 heteroatoms. The number of amides is 1. The maximum absolute atomic E-state index is 12.5. The Balaban J connectivity index is 2.20. The second-order valence-electron chi connectivity index (χ2n) is 5.75. The lowest BCUT2D eigenvalue weighted by Gasteiger charge is -2.10. The van der Waals surface area contributed by atoms with Gasteiger partial charge in [-0.3, -0.25) is 24.4 Å². The van der Waals surface area contributed by atoms with Crippen molar-refractivity contribution in [3.63, 3.8) is 0 Å². The maximum Gasteiger partial charge on any atom is 0.325 e.